The van der Waals surface area contributed by atoms with Gasteiger partial charge in [-0.2, -0.15) is 5.10 Å². The second-order valence-electron chi connectivity index (χ2n) is 3.69. The molecule has 5 heteroatoms. The highest BCUT2D eigenvalue weighted by atomic mass is 16.1. The molecule has 0 bridgehead atoms. The van der Waals surface area contributed by atoms with Crippen LogP contribution in [0.3, 0.4) is 0 Å². The molecule has 88 valence electrons. The van der Waals surface area contributed by atoms with Gasteiger partial charge in [0.2, 0.25) is 5.91 Å². The highest BCUT2D eigenvalue weighted by molar-refractivity contribution is 5.76. The first-order valence-electron chi connectivity index (χ1n) is 5.49. The van der Waals surface area contributed by atoms with Crippen LogP contribution in [0.1, 0.15) is 17.8 Å². The lowest BCUT2D eigenvalue weighted by Gasteiger charge is -2.03. The van der Waals surface area contributed by atoms with Crippen molar-refractivity contribution in [3.8, 4) is 0 Å². The second-order valence-corrected chi connectivity index (χ2v) is 3.69. The smallest absolute Gasteiger partial charge is 0.220 e. The van der Waals surface area contributed by atoms with Gasteiger partial charge in [-0.25, -0.2) is 4.98 Å². The van der Waals surface area contributed by atoms with Crippen LogP contribution in [0.4, 0.5) is 0 Å². The molecule has 0 saturated heterocycles. The molecule has 1 amide bonds. The first-order valence-corrected chi connectivity index (χ1v) is 5.49. The number of hydrogen-bond acceptors (Lipinski definition) is 3. The van der Waals surface area contributed by atoms with Gasteiger partial charge in [0.25, 0.3) is 0 Å². The lowest BCUT2D eigenvalue weighted by molar-refractivity contribution is -0.121. The minimum atomic E-state index is 0.0188. The molecule has 0 aliphatic heterocycles. The number of carbonyl (C=O) groups excluding carboxylic acids is 1. The van der Waals surface area contributed by atoms with E-state index in [1.165, 1.54) is 11.9 Å². The molecule has 2 aromatic rings. The van der Waals surface area contributed by atoms with E-state index in [4.69, 9.17) is 0 Å². The van der Waals surface area contributed by atoms with E-state index in [9.17, 15) is 4.79 Å². The fourth-order valence-corrected chi connectivity index (χ4v) is 1.49. The van der Waals surface area contributed by atoms with Gasteiger partial charge < -0.3 is 5.32 Å². The number of carbonyl (C=O) groups is 1. The molecule has 2 N–H and O–H groups in total. The van der Waals surface area contributed by atoms with E-state index in [0.29, 0.717) is 18.8 Å². The Bertz CT molecular complexity index is 453. The zero-order valence-electron chi connectivity index (χ0n) is 9.39. The van der Waals surface area contributed by atoms with E-state index in [1.807, 2.05) is 30.3 Å². The SMILES string of the molecule is O=C(CCc1ccccc1)NCc1ncn[nH]1. The maximum Gasteiger partial charge on any atom is 0.220 e. The number of aromatic amines is 1. The summed E-state index contributed by atoms with van der Waals surface area (Å²) in [5, 5.41) is 9.18. The minimum Gasteiger partial charge on any atom is -0.349 e. The highest BCUT2D eigenvalue weighted by Gasteiger charge is 2.03. The zero-order chi connectivity index (χ0) is 11.9. The third kappa shape index (κ3) is 3.71. The summed E-state index contributed by atoms with van der Waals surface area (Å²) in [7, 11) is 0. The van der Waals surface area contributed by atoms with Gasteiger partial charge >= 0.3 is 0 Å². The second kappa shape index (κ2) is 5.79. The number of amides is 1. The van der Waals surface area contributed by atoms with Gasteiger partial charge in [0.1, 0.15) is 12.2 Å². The summed E-state index contributed by atoms with van der Waals surface area (Å²) in [6.45, 7) is 0.396. The number of hydrogen-bond donors (Lipinski definition) is 2. The van der Waals surface area contributed by atoms with Crippen LogP contribution in [-0.4, -0.2) is 21.1 Å². The van der Waals surface area contributed by atoms with E-state index in [0.717, 1.165) is 6.42 Å². The fraction of sp³-hybridized carbons (Fsp3) is 0.250. The summed E-state index contributed by atoms with van der Waals surface area (Å²) in [5.41, 5.74) is 1.17. The van der Waals surface area contributed by atoms with Gasteiger partial charge in [0.15, 0.2) is 0 Å². The molecule has 2 rings (SSSR count). The number of aromatic nitrogens is 3. The number of rotatable bonds is 5. The average molecular weight is 230 g/mol. The van der Waals surface area contributed by atoms with Crippen LogP contribution in [0.2, 0.25) is 0 Å². The van der Waals surface area contributed by atoms with Crippen molar-refractivity contribution in [3.63, 3.8) is 0 Å². The van der Waals surface area contributed by atoms with Crippen LogP contribution in [0.25, 0.3) is 0 Å². The molecular weight excluding hydrogens is 216 g/mol. The highest BCUT2D eigenvalue weighted by Crippen LogP contribution is 2.02. The molecule has 1 heterocycles. The van der Waals surface area contributed by atoms with E-state index >= 15 is 0 Å². The fourth-order valence-electron chi connectivity index (χ4n) is 1.49. The largest absolute Gasteiger partial charge is 0.349 e. The van der Waals surface area contributed by atoms with Gasteiger partial charge in [-0.05, 0) is 12.0 Å². The zero-order valence-corrected chi connectivity index (χ0v) is 9.39. The summed E-state index contributed by atoms with van der Waals surface area (Å²) >= 11 is 0. The Morgan fingerprint density at radius 1 is 1.29 bits per heavy atom. The quantitative estimate of drug-likeness (QED) is 0.806. The Morgan fingerprint density at radius 2 is 2.12 bits per heavy atom. The maximum atomic E-state index is 11.5. The van der Waals surface area contributed by atoms with E-state index in [1.54, 1.807) is 0 Å². The van der Waals surface area contributed by atoms with Gasteiger partial charge in [0, 0.05) is 6.42 Å². The molecule has 1 aromatic heterocycles. The van der Waals surface area contributed by atoms with Crippen molar-refractivity contribution in [2.75, 3.05) is 0 Å². The Labute approximate surface area is 99.3 Å². The van der Waals surface area contributed by atoms with E-state index in [2.05, 4.69) is 20.5 Å². The number of nitrogens with one attached hydrogen (secondary N) is 2. The van der Waals surface area contributed by atoms with Crippen LogP contribution >= 0.6 is 0 Å². The van der Waals surface area contributed by atoms with Gasteiger partial charge in [-0.1, -0.05) is 30.3 Å². The van der Waals surface area contributed by atoms with Crippen LogP contribution in [0.5, 0.6) is 0 Å². The van der Waals surface area contributed by atoms with Crippen molar-refractivity contribution in [3.05, 3.63) is 48.0 Å². The van der Waals surface area contributed by atoms with Crippen LogP contribution in [0, 0.1) is 0 Å². The molecule has 17 heavy (non-hydrogen) atoms. The molecule has 0 saturated carbocycles. The molecule has 5 nitrogen and oxygen atoms in total. The van der Waals surface area contributed by atoms with E-state index < -0.39 is 0 Å². The molecule has 0 aliphatic carbocycles. The van der Waals surface area contributed by atoms with Crippen LogP contribution in [-0.2, 0) is 17.8 Å². The Balaban J connectivity index is 1.71. The number of H-pyrrole nitrogens is 1. The van der Waals surface area contributed by atoms with Gasteiger partial charge in [-0.15, -0.1) is 0 Å². The Kier molecular flexibility index (Phi) is 3.85. The molecule has 0 fully saturated rings. The van der Waals surface area contributed by atoms with Crippen LogP contribution in [0.15, 0.2) is 36.7 Å². The van der Waals surface area contributed by atoms with Gasteiger partial charge in [0.05, 0.1) is 6.54 Å². The lowest BCUT2D eigenvalue weighted by atomic mass is 10.1. The van der Waals surface area contributed by atoms with Crippen LogP contribution < -0.4 is 5.32 Å². The number of aryl methyl sites for hydroxylation is 1. The normalized spacial score (nSPS) is 10.1. The monoisotopic (exact) mass is 230 g/mol. The predicted octanol–water partition coefficient (Wildman–Crippen LogP) is 1.05. The number of nitrogens with zero attached hydrogens (tertiary/aromatic N) is 2. The summed E-state index contributed by atoms with van der Waals surface area (Å²) in [5.74, 6) is 0.684. The van der Waals surface area contributed by atoms with E-state index in [-0.39, 0.29) is 5.91 Å². The Morgan fingerprint density at radius 3 is 2.82 bits per heavy atom. The standard InChI is InChI=1S/C12H14N4O/c17-12(13-8-11-14-9-15-16-11)7-6-10-4-2-1-3-5-10/h1-5,9H,6-8H2,(H,13,17)(H,14,15,16). The van der Waals surface area contributed by atoms with Crippen molar-refractivity contribution in [1.29, 1.82) is 0 Å². The van der Waals surface area contributed by atoms with Crippen molar-refractivity contribution < 1.29 is 4.79 Å². The lowest BCUT2D eigenvalue weighted by Crippen LogP contribution is -2.23. The third-order valence-electron chi connectivity index (χ3n) is 2.40. The number of benzene rings is 1. The minimum absolute atomic E-state index is 0.0188. The predicted molar refractivity (Wildman–Crippen MR) is 63.0 cm³/mol. The van der Waals surface area contributed by atoms with Crippen molar-refractivity contribution in [2.24, 2.45) is 0 Å². The summed E-state index contributed by atoms with van der Waals surface area (Å²) in [6, 6.07) is 9.95. The molecule has 1 aromatic carbocycles. The topological polar surface area (TPSA) is 70.7 Å². The molecule has 0 aliphatic rings. The van der Waals surface area contributed by atoms with Crippen molar-refractivity contribution in [2.45, 2.75) is 19.4 Å². The Hall–Kier alpha value is -2.17. The molecule has 0 atom stereocenters. The summed E-state index contributed by atoms with van der Waals surface area (Å²) < 4.78 is 0. The molecule has 0 radical (unpaired) electrons. The van der Waals surface area contributed by atoms with Crippen molar-refractivity contribution >= 4 is 5.91 Å². The molecule has 0 unspecified atom stereocenters. The van der Waals surface area contributed by atoms with Gasteiger partial charge in [-0.3, -0.25) is 9.89 Å². The molecule has 0 spiro atoms. The third-order valence-corrected chi connectivity index (χ3v) is 2.40. The first-order chi connectivity index (χ1) is 8.34. The van der Waals surface area contributed by atoms with Crippen molar-refractivity contribution in [1.82, 2.24) is 20.5 Å². The summed E-state index contributed by atoms with van der Waals surface area (Å²) in [4.78, 5) is 15.5. The summed E-state index contributed by atoms with van der Waals surface area (Å²) in [6.07, 6.45) is 2.66. The average Bonchev–Trinajstić information content (AvgIpc) is 2.88. The first kappa shape index (κ1) is 11.3. The maximum absolute atomic E-state index is 11.5. The molecular formula is C12H14N4O.